The lowest BCUT2D eigenvalue weighted by atomic mass is 9.79. The number of morpholine rings is 1. The van der Waals surface area contributed by atoms with Crippen LogP contribution in [0.1, 0.15) is 44.7 Å². The summed E-state index contributed by atoms with van der Waals surface area (Å²) >= 11 is 0. The summed E-state index contributed by atoms with van der Waals surface area (Å²) in [5, 5.41) is 3.10. The van der Waals surface area contributed by atoms with Gasteiger partial charge in [0.15, 0.2) is 0 Å². The van der Waals surface area contributed by atoms with E-state index < -0.39 is 10.0 Å². The van der Waals surface area contributed by atoms with Gasteiger partial charge in [0.2, 0.25) is 15.9 Å². The minimum absolute atomic E-state index is 0.00590. The van der Waals surface area contributed by atoms with Crippen LogP contribution >= 0.6 is 0 Å². The van der Waals surface area contributed by atoms with Gasteiger partial charge in [0.05, 0.1) is 18.1 Å². The molecule has 0 radical (unpaired) electrons. The lowest BCUT2D eigenvalue weighted by Crippen LogP contribution is -2.40. The standard InChI is InChI=1S/C25H34N2O4S/c1-20(19-25(2,3)22-7-5-4-6-8-22)26-24(28)14-11-21-9-12-23(13-10-21)32(29,30)27-15-17-31-18-16-27/h4-10,12-13,20H,11,14-19H2,1-3H3,(H,26,28). The van der Waals surface area contributed by atoms with Gasteiger partial charge < -0.3 is 10.1 Å². The monoisotopic (exact) mass is 458 g/mol. The molecule has 1 unspecified atom stereocenters. The molecule has 174 valence electrons. The highest BCUT2D eigenvalue weighted by Gasteiger charge is 2.26. The molecule has 2 aromatic rings. The number of sulfonamides is 1. The average Bonchev–Trinajstić information content (AvgIpc) is 2.79. The van der Waals surface area contributed by atoms with Gasteiger partial charge in [-0.05, 0) is 48.4 Å². The maximum absolute atomic E-state index is 12.7. The normalized spacial score (nSPS) is 16.5. The van der Waals surface area contributed by atoms with Crippen LogP contribution < -0.4 is 5.32 Å². The summed E-state index contributed by atoms with van der Waals surface area (Å²) in [6.45, 7) is 8.02. The summed E-state index contributed by atoms with van der Waals surface area (Å²) in [4.78, 5) is 12.7. The number of carbonyl (C=O) groups is 1. The number of nitrogens with zero attached hydrogens (tertiary/aromatic N) is 1. The molecule has 7 heteroatoms. The van der Waals surface area contributed by atoms with E-state index in [-0.39, 0.29) is 22.3 Å². The van der Waals surface area contributed by atoms with E-state index in [0.29, 0.717) is 39.1 Å². The highest BCUT2D eigenvalue weighted by molar-refractivity contribution is 7.89. The van der Waals surface area contributed by atoms with Crippen molar-refractivity contribution in [1.29, 1.82) is 0 Å². The molecule has 1 aliphatic heterocycles. The van der Waals surface area contributed by atoms with E-state index in [2.05, 4.69) is 31.3 Å². The van der Waals surface area contributed by atoms with Gasteiger partial charge in [-0.2, -0.15) is 4.31 Å². The van der Waals surface area contributed by atoms with E-state index in [4.69, 9.17) is 4.74 Å². The third kappa shape index (κ3) is 6.40. The molecular weight excluding hydrogens is 424 g/mol. The highest BCUT2D eigenvalue weighted by Crippen LogP contribution is 2.28. The first-order valence-electron chi connectivity index (χ1n) is 11.2. The van der Waals surface area contributed by atoms with E-state index in [1.54, 1.807) is 24.3 Å². The molecule has 32 heavy (non-hydrogen) atoms. The van der Waals surface area contributed by atoms with Crippen molar-refractivity contribution in [3.63, 3.8) is 0 Å². The zero-order chi connectivity index (χ0) is 23.2. The Kier molecular flexibility index (Phi) is 8.09. The first-order chi connectivity index (χ1) is 15.2. The number of aryl methyl sites for hydroxylation is 1. The Bertz CT molecular complexity index is 982. The van der Waals surface area contributed by atoms with Crippen LogP contribution in [0.2, 0.25) is 0 Å². The molecule has 6 nitrogen and oxygen atoms in total. The molecule has 1 N–H and O–H groups in total. The van der Waals surface area contributed by atoms with E-state index in [1.165, 1.54) is 9.87 Å². The number of rotatable bonds is 9. The fourth-order valence-corrected chi connectivity index (χ4v) is 5.60. The topological polar surface area (TPSA) is 75.7 Å². The van der Waals surface area contributed by atoms with Gasteiger partial charge in [-0.1, -0.05) is 56.3 Å². The first kappa shape index (κ1) is 24.4. The summed E-state index contributed by atoms with van der Waals surface area (Å²) in [6.07, 6.45) is 1.78. The summed E-state index contributed by atoms with van der Waals surface area (Å²) in [7, 11) is -3.49. The molecule has 1 atom stereocenters. The minimum atomic E-state index is -3.49. The molecule has 1 aliphatic rings. The highest BCUT2D eigenvalue weighted by atomic mass is 32.2. The van der Waals surface area contributed by atoms with E-state index in [9.17, 15) is 13.2 Å². The van der Waals surface area contributed by atoms with Crippen LogP contribution in [-0.2, 0) is 31.4 Å². The SMILES string of the molecule is CC(CC(C)(C)c1ccccc1)NC(=O)CCc1ccc(S(=O)(=O)N2CCOCC2)cc1. The van der Waals surface area contributed by atoms with Crippen LogP contribution in [0, 0.1) is 0 Å². The number of ether oxygens (including phenoxy) is 1. The molecule has 2 aromatic carbocycles. The zero-order valence-electron chi connectivity index (χ0n) is 19.2. The van der Waals surface area contributed by atoms with Crippen molar-refractivity contribution in [2.45, 2.75) is 56.4 Å². The molecule has 1 saturated heterocycles. The van der Waals surface area contributed by atoms with Crippen molar-refractivity contribution in [3.05, 3.63) is 65.7 Å². The molecule has 0 spiro atoms. The van der Waals surface area contributed by atoms with Gasteiger partial charge in [-0.3, -0.25) is 4.79 Å². The van der Waals surface area contributed by atoms with Crippen molar-refractivity contribution >= 4 is 15.9 Å². The van der Waals surface area contributed by atoms with Crippen LogP contribution in [0.5, 0.6) is 0 Å². The fourth-order valence-electron chi connectivity index (χ4n) is 4.19. The number of nitrogens with one attached hydrogen (secondary N) is 1. The fraction of sp³-hybridized carbons (Fsp3) is 0.480. The van der Waals surface area contributed by atoms with Crippen LogP contribution in [0.15, 0.2) is 59.5 Å². The number of hydrogen-bond donors (Lipinski definition) is 1. The molecule has 0 bridgehead atoms. The van der Waals surface area contributed by atoms with Gasteiger partial charge in [0, 0.05) is 25.6 Å². The van der Waals surface area contributed by atoms with E-state index >= 15 is 0 Å². The second kappa shape index (κ2) is 10.6. The molecule has 0 saturated carbocycles. The van der Waals surface area contributed by atoms with E-state index in [0.717, 1.165) is 12.0 Å². The van der Waals surface area contributed by atoms with Gasteiger partial charge in [-0.15, -0.1) is 0 Å². The average molecular weight is 459 g/mol. The molecule has 0 aliphatic carbocycles. The van der Waals surface area contributed by atoms with Crippen molar-refractivity contribution in [1.82, 2.24) is 9.62 Å². The molecule has 1 amide bonds. The minimum Gasteiger partial charge on any atom is -0.379 e. The largest absolute Gasteiger partial charge is 0.379 e. The summed E-state index contributed by atoms with van der Waals surface area (Å²) in [6, 6.07) is 17.2. The summed E-state index contributed by atoms with van der Waals surface area (Å²) in [5.74, 6) is 0.00590. The molecule has 3 rings (SSSR count). The molecule has 1 heterocycles. The maximum Gasteiger partial charge on any atom is 0.243 e. The van der Waals surface area contributed by atoms with Crippen molar-refractivity contribution in [3.8, 4) is 0 Å². The Balaban J connectivity index is 1.49. The van der Waals surface area contributed by atoms with Gasteiger partial charge in [-0.25, -0.2) is 8.42 Å². The molecule has 0 aromatic heterocycles. The summed E-state index contributed by atoms with van der Waals surface area (Å²) < 4.78 is 32.1. The quantitative estimate of drug-likeness (QED) is 0.624. The van der Waals surface area contributed by atoms with Crippen LogP contribution in [0.3, 0.4) is 0 Å². The maximum atomic E-state index is 12.7. The number of hydrogen-bond acceptors (Lipinski definition) is 4. The number of benzene rings is 2. The predicted octanol–water partition coefficient (Wildman–Crippen LogP) is 3.51. The Labute approximate surface area is 192 Å². The second-order valence-corrected chi connectivity index (χ2v) is 11.0. The lowest BCUT2D eigenvalue weighted by molar-refractivity contribution is -0.121. The van der Waals surface area contributed by atoms with Crippen LogP contribution in [-0.4, -0.2) is 51.0 Å². The third-order valence-electron chi connectivity index (χ3n) is 5.95. The van der Waals surface area contributed by atoms with Crippen molar-refractivity contribution in [2.75, 3.05) is 26.3 Å². The Morgan fingerprint density at radius 3 is 2.31 bits per heavy atom. The zero-order valence-corrected chi connectivity index (χ0v) is 20.0. The van der Waals surface area contributed by atoms with E-state index in [1.807, 2.05) is 25.1 Å². The number of amides is 1. The Morgan fingerprint density at radius 2 is 1.69 bits per heavy atom. The summed E-state index contributed by atoms with van der Waals surface area (Å²) in [5.41, 5.74) is 2.17. The lowest BCUT2D eigenvalue weighted by Gasteiger charge is -2.29. The van der Waals surface area contributed by atoms with Crippen LogP contribution in [0.4, 0.5) is 0 Å². The number of carbonyl (C=O) groups excluding carboxylic acids is 1. The second-order valence-electron chi connectivity index (χ2n) is 9.08. The molecule has 1 fully saturated rings. The van der Waals surface area contributed by atoms with Gasteiger partial charge >= 0.3 is 0 Å². The Hall–Kier alpha value is -2.22. The first-order valence-corrected chi connectivity index (χ1v) is 12.6. The van der Waals surface area contributed by atoms with Crippen molar-refractivity contribution < 1.29 is 17.9 Å². The van der Waals surface area contributed by atoms with Gasteiger partial charge in [0.1, 0.15) is 0 Å². The third-order valence-corrected chi connectivity index (χ3v) is 7.86. The Morgan fingerprint density at radius 1 is 1.06 bits per heavy atom. The van der Waals surface area contributed by atoms with Crippen LogP contribution in [0.25, 0.3) is 0 Å². The predicted molar refractivity (Wildman–Crippen MR) is 126 cm³/mol. The molecular formula is C25H34N2O4S. The smallest absolute Gasteiger partial charge is 0.243 e. The van der Waals surface area contributed by atoms with Gasteiger partial charge in [0.25, 0.3) is 0 Å². The van der Waals surface area contributed by atoms with Crippen molar-refractivity contribution in [2.24, 2.45) is 0 Å².